The second-order valence-electron chi connectivity index (χ2n) is 9.96. The molecule has 0 unspecified atom stereocenters. The first-order valence-electron chi connectivity index (χ1n) is 13.1. The zero-order valence-electron chi connectivity index (χ0n) is 22.1. The number of amides is 3. The van der Waals surface area contributed by atoms with Gasteiger partial charge in [0.1, 0.15) is 12.1 Å². The Morgan fingerprint density at radius 2 is 1.45 bits per heavy atom. The molecule has 3 aromatic carbocycles. The molecule has 3 aromatic rings. The molecule has 4 rings (SSSR count). The summed E-state index contributed by atoms with van der Waals surface area (Å²) in [6.07, 6.45) is 3.90. The summed E-state index contributed by atoms with van der Waals surface area (Å²) in [5.41, 5.74) is 8.68. The lowest BCUT2D eigenvalue weighted by atomic mass is 9.98. The lowest BCUT2D eigenvalue weighted by Crippen LogP contribution is -2.55. The van der Waals surface area contributed by atoms with Crippen LogP contribution < -0.4 is 11.1 Å². The maximum absolute atomic E-state index is 14.0. The standard InChI is InChI=1S/C31H36N4O3/c1-34(29(36)21-23-14-16-33-17-15-23)28(20-24-12-13-25-10-6-7-11-26(25)18-24)31(38)35(2)27(30(32)37)19-22-8-4-3-5-9-22/h3-13,18,21,27-28,33H,14-17,19-20H2,1-2H3,(H2,32,37)/t27-,28-/m1/s1. The number of hydrogen-bond donors (Lipinski definition) is 2. The first kappa shape index (κ1) is 27.1. The van der Waals surface area contributed by atoms with Gasteiger partial charge in [0.15, 0.2) is 0 Å². The number of primary amides is 1. The topological polar surface area (TPSA) is 95.7 Å². The van der Waals surface area contributed by atoms with Gasteiger partial charge in [-0.25, -0.2) is 0 Å². The molecule has 1 saturated heterocycles. The Kier molecular flexibility index (Phi) is 8.92. The molecule has 38 heavy (non-hydrogen) atoms. The summed E-state index contributed by atoms with van der Waals surface area (Å²) < 4.78 is 0. The average Bonchev–Trinajstić information content (AvgIpc) is 2.94. The van der Waals surface area contributed by atoms with Gasteiger partial charge in [0.05, 0.1) is 0 Å². The van der Waals surface area contributed by atoms with Crippen molar-refractivity contribution in [1.29, 1.82) is 0 Å². The molecule has 1 fully saturated rings. The van der Waals surface area contributed by atoms with E-state index in [9.17, 15) is 14.4 Å². The van der Waals surface area contributed by atoms with Crippen LogP contribution in [-0.4, -0.2) is 66.8 Å². The largest absolute Gasteiger partial charge is 0.368 e. The number of nitrogens with one attached hydrogen (secondary N) is 1. The number of rotatable bonds is 9. The molecule has 0 bridgehead atoms. The van der Waals surface area contributed by atoms with Crippen molar-refractivity contribution in [2.75, 3.05) is 27.2 Å². The highest BCUT2D eigenvalue weighted by atomic mass is 16.2. The maximum atomic E-state index is 14.0. The second kappa shape index (κ2) is 12.5. The Labute approximate surface area is 224 Å². The number of nitrogens with two attached hydrogens (primary N) is 1. The van der Waals surface area contributed by atoms with E-state index in [1.807, 2.05) is 66.7 Å². The van der Waals surface area contributed by atoms with E-state index in [2.05, 4.69) is 11.4 Å². The van der Waals surface area contributed by atoms with E-state index in [1.54, 1.807) is 20.2 Å². The summed E-state index contributed by atoms with van der Waals surface area (Å²) in [5.74, 6) is -1.12. The highest BCUT2D eigenvalue weighted by Gasteiger charge is 2.34. The number of hydrogen-bond acceptors (Lipinski definition) is 4. The van der Waals surface area contributed by atoms with Gasteiger partial charge in [-0.2, -0.15) is 0 Å². The van der Waals surface area contributed by atoms with Crippen LogP contribution in [0.25, 0.3) is 10.8 Å². The Bertz CT molecular complexity index is 1310. The normalized spacial score (nSPS) is 14.9. The minimum absolute atomic E-state index is 0.215. The average molecular weight is 513 g/mol. The van der Waals surface area contributed by atoms with Crippen molar-refractivity contribution in [2.45, 2.75) is 37.8 Å². The molecule has 198 valence electrons. The Balaban J connectivity index is 1.63. The third-order valence-electron chi connectivity index (χ3n) is 7.33. The highest BCUT2D eigenvalue weighted by Crippen LogP contribution is 2.20. The van der Waals surface area contributed by atoms with Crippen molar-refractivity contribution < 1.29 is 14.4 Å². The molecule has 7 nitrogen and oxygen atoms in total. The minimum atomic E-state index is -0.838. The number of likely N-dealkylation sites (N-methyl/N-ethyl adjacent to an activating group) is 2. The SMILES string of the molecule is CN(C(=O)C=C1CCNCC1)[C@H](Cc1ccc2ccccc2c1)C(=O)N(C)[C@H](Cc1ccccc1)C(N)=O. The van der Waals surface area contributed by atoms with E-state index in [1.165, 1.54) is 9.80 Å². The molecule has 3 N–H and O–H groups in total. The van der Waals surface area contributed by atoms with Gasteiger partial charge in [-0.15, -0.1) is 0 Å². The fourth-order valence-corrected chi connectivity index (χ4v) is 4.96. The van der Waals surface area contributed by atoms with E-state index >= 15 is 0 Å². The van der Waals surface area contributed by atoms with Crippen LogP contribution in [0.15, 0.2) is 84.4 Å². The zero-order valence-corrected chi connectivity index (χ0v) is 22.1. The van der Waals surface area contributed by atoms with Crippen molar-refractivity contribution >= 4 is 28.5 Å². The fraction of sp³-hybridized carbons (Fsp3) is 0.323. The summed E-state index contributed by atoms with van der Waals surface area (Å²) in [5, 5.41) is 5.46. The van der Waals surface area contributed by atoms with Crippen LogP contribution >= 0.6 is 0 Å². The predicted molar refractivity (Wildman–Crippen MR) is 150 cm³/mol. The lowest BCUT2D eigenvalue weighted by molar-refractivity contribution is -0.145. The summed E-state index contributed by atoms with van der Waals surface area (Å²) in [6.45, 7) is 1.68. The van der Waals surface area contributed by atoms with Crippen molar-refractivity contribution in [3.05, 3.63) is 95.6 Å². The molecule has 1 heterocycles. The molecule has 0 radical (unpaired) electrons. The highest BCUT2D eigenvalue weighted by molar-refractivity contribution is 5.95. The third-order valence-corrected chi connectivity index (χ3v) is 7.33. The third kappa shape index (κ3) is 6.66. The fourth-order valence-electron chi connectivity index (χ4n) is 4.96. The summed E-state index contributed by atoms with van der Waals surface area (Å²) >= 11 is 0. The number of fused-ring (bicyclic) bond motifs is 1. The molecule has 2 atom stereocenters. The number of piperidine rings is 1. The summed E-state index contributed by atoms with van der Waals surface area (Å²) in [6, 6.07) is 21.9. The first-order chi connectivity index (χ1) is 18.3. The molecule has 1 aliphatic rings. The van der Waals surface area contributed by atoms with Crippen molar-refractivity contribution in [2.24, 2.45) is 5.73 Å². The van der Waals surface area contributed by atoms with E-state index < -0.39 is 18.0 Å². The molecule has 0 saturated carbocycles. The van der Waals surface area contributed by atoms with Gasteiger partial charge in [0.2, 0.25) is 17.7 Å². The van der Waals surface area contributed by atoms with Crippen LogP contribution in [0.4, 0.5) is 0 Å². The summed E-state index contributed by atoms with van der Waals surface area (Å²) in [7, 11) is 3.26. The molecular formula is C31H36N4O3. The number of nitrogens with zero attached hydrogens (tertiary/aromatic N) is 2. The molecule has 3 amide bonds. The van der Waals surface area contributed by atoms with Gasteiger partial charge < -0.3 is 20.9 Å². The molecule has 0 aromatic heterocycles. The Hall–Kier alpha value is -3.97. The summed E-state index contributed by atoms with van der Waals surface area (Å²) in [4.78, 5) is 42.7. The van der Waals surface area contributed by atoms with E-state index in [-0.39, 0.29) is 11.8 Å². The van der Waals surface area contributed by atoms with Gasteiger partial charge in [-0.3, -0.25) is 14.4 Å². The van der Waals surface area contributed by atoms with Crippen LogP contribution in [0.3, 0.4) is 0 Å². The van der Waals surface area contributed by atoms with Crippen LogP contribution in [-0.2, 0) is 27.2 Å². The van der Waals surface area contributed by atoms with E-state index in [0.29, 0.717) is 12.8 Å². The van der Waals surface area contributed by atoms with Gasteiger partial charge in [0.25, 0.3) is 0 Å². The van der Waals surface area contributed by atoms with E-state index in [4.69, 9.17) is 5.73 Å². The number of carbonyl (C=O) groups excluding carboxylic acids is 3. The Morgan fingerprint density at radius 1 is 0.816 bits per heavy atom. The molecule has 7 heteroatoms. The molecule has 0 spiro atoms. The van der Waals surface area contributed by atoms with Crippen molar-refractivity contribution in [3.8, 4) is 0 Å². The quantitative estimate of drug-likeness (QED) is 0.431. The predicted octanol–water partition coefficient (Wildman–Crippen LogP) is 3.07. The van der Waals surface area contributed by atoms with Crippen LogP contribution in [0.1, 0.15) is 24.0 Å². The van der Waals surface area contributed by atoms with Crippen LogP contribution in [0.5, 0.6) is 0 Å². The zero-order chi connectivity index (χ0) is 27.1. The minimum Gasteiger partial charge on any atom is -0.368 e. The van der Waals surface area contributed by atoms with Gasteiger partial charge in [0, 0.05) is 33.0 Å². The van der Waals surface area contributed by atoms with Crippen molar-refractivity contribution in [1.82, 2.24) is 15.1 Å². The second-order valence-corrected chi connectivity index (χ2v) is 9.96. The van der Waals surface area contributed by atoms with E-state index in [0.717, 1.165) is 53.4 Å². The Morgan fingerprint density at radius 3 is 2.13 bits per heavy atom. The first-order valence-corrected chi connectivity index (χ1v) is 13.1. The molecule has 0 aliphatic carbocycles. The number of carbonyl (C=O) groups is 3. The number of benzene rings is 3. The van der Waals surface area contributed by atoms with Crippen LogP contribution in [0, 0.1) is 0 Å². The smallest absolute Gasteiger partial charge is 0.246 e. The van der Waals surface area contributed by atoms with Gasteiger partial charge in [-0.1, -0.05) is 78.4 Å². The van der Waals surface area contributed by atoms with Crippen molar-refractivity contribution in [3.63, 3.8) is 0 Å². The van der Waals surface area contributed by atoms with Gasteiger partial charge in [-0.05, 0) is 47.8 Å². The molecular weight excluding hydrogens is 476 g/mol. The monoisotopic (exact) mass is 512 g/mol. The lowest BCUT2D eigenvalue weighted by Gasteiger charge is -2.34. The van der Waals surface area contributed by atoms with Crippen LogP contribution in [0.2, 0.25) is 0 Å². The maximum Gasteiger partial charge on any atom is 0.246 e. The van der Waals surface area contributed by atoms with Gasteiger partial charge >= 0.3 is 0 Å². The molecule has 1 aliphatic heterocycles.